The van der Waals surface area contributed by atoms with Gasteiger partial charge in [-0.05, 0) is 49.2 Å². The lowest BCUT2D eigenvalue weighted by molar-refractivity contribution is 0.600. The van der Waals surface area contributed by atoms with E-state index in [0.29, 0.717) is 27.5 Å². The highest BCUT2D eigenvalue weighted by atomic mass is 35.5. The predicted molar refractivity (Wildman–Crippen MR) is 82.6 cm³/mol. The van der Waals surface area contributed by atoms with Gasteiger partial charge in [0.2, 0.25) is 0 Å². The van der Waals surface area contributed by atoms with Gasteiger partial charge in [0, 0.05) is 10.7 Å². The van der Waals surface area contributed by atoms with Gasteiger partial charge in [0.25, 0.3) is 10.0 Å². The number of nitrogen functional groups attached to an aromatic ring is 1. The zero-order chi connectivity index (χ0) is 14.9. The van der Waals surface area contributed by atoms with E-state index in [1.165, 1.54) is 0 Å². The van der Waals surface area contributed by atoms with Crippen molar-refractivity contribution in [1.29, 1.82) is 0 Å². The number of sulfonamides is 1. The lowest BCUT2D eigenvalue weighted by Gasteiger charge is -2.14. The Balaban J connectivity index is 2.49. The van der Waals surface area contributed by atoms with Crippen LogP contribution in [0.5, 0.6) is 0 Å². The smallest absolute Gasteiger partial charge is 0.262 e. The van der Waals surface area contributed by atoms with Crippen LogP contribution in [0, 0.1) is 13.8 Å². The molecule has 0 spiro atoms. The number of hydrogen-bond donors (Lipinski definition) is 2. The molecule has 0 atom stereocenters. The highest BCUT2D eigenvalue weighted by molar-refractivity contribution is 7.92. The Hall–Kier alpha value is -1.72. The second kappa shape index (κ2) is 5.34. The van der Waals surface area contributed by atoms with Crippen molar-refractivity contribution < 1.29 is 8.42 Å². The maximum Gasteiger partial charge on any atom is 0.262 e. The van der Waals surface area contributed by atoms with Crippen molar-refractivity contribution >= 4 is 33.0 Å². The first-order valence-electron chi connectivity index (χ1n) is 5.95. The summed E-state index contributed by atoms with van der Waals surface area (Å²) < 4.78 is 27.5. The van der Waals surface area contributed by atoms with E-state index in [1.54, 1.807) is 50.2 Å². The molecule has 0 unspecified atom stereocenters. The summed E-state index contributed by atoms with van der Waals surface area (Å²) in [6.07, 6.45) is 0. The van der Waals surface area contributed by atoms with Crippen LogP contribution in [0.4, 0.5) is 11.4 Å². The van der Waals surface area contributed by atoms with E-state index in [0.717, 1.165) is 0 Å². The summed E-state index contributed by atoms with van der Waals surface area (Å²) in [6, 6.07) is 9.93. The Morgan fingerprint density at radius 1 is 1.15 bits per heavy atom. The summed E-state index contributed by atoms with van der Waals surface area (Å²) in [4.78, 5) is 0.206. The van der Waals surface area contributed by atoms with Crippen molar-refractivity contribution in [3.05, 3.63) is 52.5 Å². The summed E-state index contributed by atoms with van der Waals surface area (Å²) in [7, 11) is -3.70. The average Bonchev–Trinajstić information content (AvgIpc) is 2.33. The summed E-state index contributed by atoms with van der Waals surface area (Å²) in [5.41, 5.74) is 7.84. The molecule has 4 nitrogen and oxygen atoms in total. The van der Waals surface area contributed by atoms with Gasteiger partial charge in [0.15, 0.2) is 0 Å². The third kappa shape index (κ3) is 2.89. The second-order valence-corrected chi connectivity index (χ2v) is 6.60. The molecule has 0 aliphatic carbocycles. The van der Waals surface area contributed by atoms with Crippen molar-refractivity contribution in [2.75, 3.05) is 10.5 Å². The van der Waals surface area contributed by atoms with E-state index in [9.17, 15) is 8.42 Å². The standard InChI is InChI=1S/C14H15ClN2O2S/c1-9-6-7-13(16)10(2)14(9)20(18,19)17-12-5-3-4-11(15)8-12/h3-8,17H,16H2,1-2H3. The van der Waals surface area contributed by atoms with Crippen LogP contribution in [0.2, 0.25) is 5.02 Å². The third-order valence-electron chi connectivity index (χ3n) is 2.99. The summed E-state index contributed by atoms with van der Waals surface area (Å²) in [6.45, 7) is 3.42. The van der Waals surface area contributed by atoms with Crippen LogP contribution in [0.15, 0.2) is 41.3 Å². The van der Waals surface area contributed by atoms with Gasteiger partial charge in [0.1, 0.15) is 0 Å². The van der Waals surface area contributed by atoms with Crippen LogP contribution in [-0.4, -0.2) is 8.42 Å². The maximum absolute atomic E-state index is 12.5. The average molecular weight is 311 g/mol. The lowest BCUT2D eigenvalue weighted by atomic mass is 10.1. The molecule has 20 heavy (non-hydrogen) atoms. The number of rotatable bonds is 3. The molecule has 6 heteroatoms. The fraction of sp³-hybridized carbons (Fsp3) is 0.143. The monoisotopic (exact) mass is 310 g/mol. The highest BCUT2D eigenvalue weighted by Crippen LogP contribution is 2.27. The van der Waals surface area contributed by atoms with Crippen molar-refractivity contribution in [2.24, 2.45) is 0 Å². The number of anilines is 2. The Morgan fingerprint density at radius 3 is 2.50 bits per heavy atom. The topological polar surface area (TPSA) is 72.2 Å². The van der Waals surface area contributed by atoms with E-state index in [2.05, 4.69) is 4.72 Å². The largest absolute Gasteiger partial charge is 0.398 e. The molecule has 0 bridgehead atoms. The zero-order valence-corrected chi connectivity index (χ0v) is 12.7. The van der Waals surface area contributed by atoms with Gasteiger partial charge in [-0.25, -0.2) is 8.42 Å². The molecular weight excluding hydrogens is 296 g/mol. The Morgan fingerprint density at radius 2 is 1.85 bits per heavy atom. The molecule has 2 aromatic carbocycles. The number of benzene rings is 2. The normalized spacial score (nSPS) is 11.3. The quantitative estimate of drug-likeness (QED) is 0.854. The summed E-state index contributed by atoms with van der Waals surface area (Å²) in [5.74, 6) is 0. The van der Waals surface area contributed by atoms with Crippen LogP contribution in [0.1, 0.15) is 11.1 Å². The molecule has 106 valence electrons. The van der Waals surface area contributed by atoms with Gasteiger partial charge in [0.05, 0.1) is 10.6 Å². The molecule has 0 radical (unpaired) electrons. The number of hydrogen-bond acceptors (Lipinski definition) is 3. The van der Waals surface area contributed by atoms with Crippen molar-refractivity contribution in [3.8, 4) is 0 Å². The second-order valence-electron chi connectivity index (χ2n) is 4.54. The van der Waals surface area contributed by atoms with Gasteiger partial charge >= 0.3 is 0 Å². The molecule has 0 aliphatic heterocycles. The molecular formula is C14H15ClN2O2S. The first kappa shape index (κ1) is 14.7. The van der Waals surface area contributed by atoms with E-state index < -0.39 is 10.0 Å². The number of nitrogens with one attached hydrogen (secondary N) is 1. The first-order chi connectivity index (χ1) is 9.31. The zero-order valence-electron chi connectivity index (χ0n) is 11.1. The molecule has 0 aromatic heterocycles. The van der Waals surface area contributed by atoms with Crippen LogP contribution >= 0.6 is 11.6 Å². The van der Waals surface area contributed by atoms with Gasteiger partial charge in [-0.15, -0.1) is 0 Å². The Kier molecular flexibility index (Phi) is 3.92. The highest BCUT2D eigenvalue weighted by Gasteiger charge is 2.21. The Bertz CT molecular complexity index is 758. The molecule has 0 fully saturated rings. The minimum atomic E-state index is -3.70. The third-order valence-corrected chi connectivity index (χ3v) is 4.90. The lowest BCUT2D eigenvalue weighted by Crippen LogP contribution is -2.16. The molecule has 3 N–H and O–H groups in total. The Labute approximate surface area is 123 Å². The SMILES string of the molecule is Cc1ccc(N)c(C)c1S(=O)(=O)Nc1cccc(Cl)c1. The fourth-order valence-electron chi connectivity index (χ4n) is 2.01. The number of aryl methyl sites for hydroxylation is 1. The van der Waals surface area contributed by atoms with Crippen LogP contribution < -0.4 is 10.5 Å². The number of nitrogens with two attached hydrogens (primary N) is 1. The predicted octanol–water partition coefficient (Wildman–Crippen LogP) is 3.34. The van der Waals surface area contributed by atoms with E-state index >= 15 is 0 Å². The molecule has 0 aliphatic rings. The van der Waals surface area contributed by atoms with Crippen LogP contribution in [-0.2, 0) is 10.0 Å². The molecule has 0 saturated carbocycles. The van der Waals surface area contributed by atoms with Crippen molar-refractivity contribution in [2.45, 2.75) is 18.7 Å². The van der Waals surface area contributed by atoms with Crippen molar-refractivity contribution in [1.82, 2.24) is 0 Å². The minimum Gasteiger partial charge on any atom is -0.398 e. The van der Waals surface area contributed by atoms with E-state index in [-0.39, 0.29) is 4.90 Å². The van der Waals surface area contributed by atoms with Crippen molar-refractivity contribution in [3.63, 3.8) is 0 Å². The van der Waals surface area contributed by atoms with E-state index in [1.807, 2.05) is 0 Å². The fourth-order valence-corrected chi connectivity index (χ4v) is 3.76. The van der Waals surface area contributed by atoms with Crippen LogP contribution in [0.3, 0.4) is 0 Å². The minimum absolute atomic E-state index is 0.206. The van der Waals surface area contributed by atoms with Gasteiger partial charge in [-0.1, -0.05) is 23.7 Å². The summed E-state index contributed by atoms with van der Waals surface area (Å²) in [5, 5.41) is 0.464. The number of halogens is 1. The van der Waals surface area contributed by atoms with E-state index in [4.69, 9.17) is 17.3 Å². The molecule has 2 rings (SSSR count). The molecule has 0 saturated heterocycles. The molecule has 2 aromatic rings. The maximum atomic E-state index is 12.5. The first-order valence-corrected chi connectivity index (χ1v) is 7.81. The molecule has 0 heterocycles. The van der Waals surface area contributed by atoms with Gasteiger partial charge in [-0.2, -0.15) is 0 Å². The summed E-state index contributed by atoms with van der Waals surface area (Å²) >= 11 is 5.85. The van der Waals surface area contributed by atoms with Crippen LogP contribution in [0.25, 0.3) is 0 Å². The van der Waals surface area contributed by atoms with Gasteiger partial charge < -0.3 is 5.73 Å². The van der Waals surface area contributed by atoms with Gasteiger partial charge in [-0.3, -0.25) is 4.72 Å². The molecule has 0 amide bonds.